The molecule has 0 unspecified atom stereocenters. The summed E-state index contributed by atoms with van der Waals surface area (Å²) in [6.45, 7) is 4.54. The molecule has 1 fully saturated rings. The Labute approximate surface area is 193 Å². The van der Waals surface area contributed by atoms with Crippen molar-refractivity contribution in [2.24, 2.45) is 5.41 Å². The molecule has 2 aromatic carbocycles. The van der Waals surface area contributed by atoms with Gasteiger partial charge < -0.3 is 20.1 Å². The number of benzene rings is 2. The molecule has 2 amide bonds. The van der Waals surface area contributed by atoms with Gasteiger partial charge in [0.1, 0.15) is 6.61 Å². The van der Waals surface area contributed by atoms with Gasteiger partial charge in [0.2, 0.25) is 5.91 Å². The van der Waals surface area contributed by atoms with Gasteiger partial charge in [-0.2, -0.15) is 0 Å². The number of alkyl carbamates (subject to hydrolysis) is 1. The van der Waals surface area contributed by atoms with E-state index >= 15 is 0 Å². The molecule has 174 valence electrons. The van der Waals surface area contributed by atoms with Crippen LogP contribution < -0.4 is 5.32 Å². The van der Waals surface area contributed by atoms with Gasteiger partial charge >= 0.3 is 12.1 Å². The monoisotopic (exact) mass is 450 g/mol. The summed E-state index contributed by atoms with van der Waals surface area (Å²) in [5.74, 6) is -0.925. The number of piperidine rings is 1. The van der Waals surface area contributed by atoms with Crippen molar-refractivity contribution in [1.82, 2.24) is 10.2 Å². The van der Waals surface area contributed by atoms with Crippen molar-refractivity contribution in [2.75, 3.05) is 19.7 Å². The Balaban J connectivity index is 1.28. The van der Waals surface area contributed by atoms with Crippen LogP contribution in [0.5, 0.6) is 0 Å². The predicted molar refractivity (Wildman–Crippen MR) is 124 cm³/mol. The molecule has 1 aliphatic heterocycles. The van der Waals surface area contributed by atoms with Crippen molar-refractivity contribution >= 4 is 18.0 Å². The Kier molecular flexibility index (Phi) is 6.40. The zero-order valence-corrected chi connectivity index (χ0v) is 19.0. The van der Waals surface area contributed by atoms with E-state index in [9.17, 15) is 19.5 Å². The van der Waals surface area contributed by atoms with Gasteiger partial charge in [-0.15, -0.1) is 0 Å². The molecule has 1 heterocycles. The molecule has 0 aromatic heterocycles. The fourth-order valence-corrected chi connectivity index (χ4v) is 4.75. The number of fused-ring (bicyclic) bond motifs is 3. The lowest BCUT2D eigenvalue weighted by molar-refractivity contribution is -0.153. The molecule has 2 aliphatic rings. The van der Waals surface area contributed by atoms with Crippen LogP contribution in [0.1, 0.15) is 50.2 Å². The number of carboxylic acids is 1. The minimum atomic E-state index is -0.820. The van der Waals surface area contributed by atoms with Crippen molar-refractivity contribution in [3.8, 4) is 11.1 Å². The second-order valence-electron chi connectivity index (χ2n) is 9.32. The molecule has 0 radical (unpaired) electrons. The van der Waals surface area contributed by atoms with E-state index in [-0.39, 0.29) is 30.9 Å². The summed E-state index contributed by atoms with van der Waals surface area (Å²) in [6.07, 6.45) is 0.465. The van der Waals surface area contributed by atoms with Gasteiger partial charge in [0.15, 0.2) is 0 Å². The average Bonchev–Trinajstić information content (AvgIpc) is 3.11. The van der Waals surface area contributed by atoms with Gasteiger partial charge in [-0.3, -0.25) is 9.59 Å². The number of hydrogen-bond acceptors (Lipinski definition) is 4. The number of likely N-dealkylation sites (tertiary alicyclic amines) is 1. The van der Waals surface area contributed by atoms with Crippen LogP contribution >= 0.6 is 0 Å². The van der Waals surface area contributed by atoms with Gasteiger partial charge in [0.05, 0.1) is 5.41 Å². The molecular formula is C26H30N2O5. The molecule has 0 saturated carbocycles. The van der Waals surface area contributed by atoms with E-state index in [0.717, 1.165) is 11.1 Å². The first-order chi connectivity index (χ1) is 15.8. The quantitative estimate of drug-likeness (QED) is 0.693. The molecule has 2 aromatic rings. The zero-order valence-electron chi connectivity index (χ0n) is 19.0. The first-order valence-corrected chi connectivity index (χ1v) is 11.4. The summed E-state index contributed by atoms with van der Waals surface area (Å²) >= 11 is 0. The summed E-state index contributed by atoms with van der Waals surface area (Å²) < 4.78 is 5.55. The van der Waals surface area contributed by atoms with Crippen LogP contribution in [0.25, 0.3) is 11.1 Å². The van der Waals surface area contributed by atoms with Crippen LogP contribution in [0.15, 0.2) is 48.5 Å². The number of amides is 2. The average molecular weight is 451 g/mol. The van der Waals surface area contributed by atoms with Crippen LogP contribution in [0.4, 0.5) is 4.79 Å². The van der Waals surface area contributed by atoms with Crippen molar-refractivity contribution in [2.45, 2.75) is 45.1 Å². The molecule has 1 atom stereocenters. The fraction of sp³-hybridized carbons (Fsp3) is 0.423. The molecule has 7 heteroatoms. The van der Waals surface area contributed by atoms with E-state index < -0.39 is 17.5 Å². The molecule has 1 aliphatic carbocycles. The van der Waals surface area contributed by atoms with Crippen LogP contribution in [-0.2, 0) is 14.3 Å². The van der Waals surface area contributed by atoms with Crippen molar-refractivity contribution < 1.29 is 24.2 Å². The molecule has 7 nitrogen and oxygen atoms in total. The van der Waals surface area contributed by atoms with E-state index in [1.165, 1.54) is 11.1 Å². The number of aliphatic carboxylic acids is 1. The van der Waals surface area contributed by atoms with Crippen molar-refractivity contribution in [3.05, 3.63) is 59.7 Å². The summed E-state index contributed by atoms with van der Waals surface area (Å²) in [5.41, 5.74) is 3.85. The number of carbonyl (C=O) groups is 3. The summed E-state index contributed by atoms with van der Waals surface area (Å²) in [7, 11) is 0. The minimum absolute atomic E-state index is 0.0167. The Bertz CT molecular complexity index is 1010. The number of carboxylic acid groups (broad SMARTS) is 1. The number of nitrogens with zero attached hydrogens (tertiary/aromatic N) is 1. The van der Waals surface area contributed by atoms with Gasteiger partial charge in [-0.1, -0.05) is 48.5 Å². The largest absolute Gasteiger partial charge is 0.481 e. The maximum atomic E-state index is 12.6. The third-order valence-corrected chi connectivity index (χ3v) is 6.92. The third-order valence-electron chi connectivity index (χ3n) is 6.92. The maximum absolute atomic E-state index is 12.6. The van der Waals surface area contributed by atoms with Crippen LogP contribution in [-0.4, -0.2) is 53.7 Å². The smallest absolute Gasteiger partial charge is 0.407 e. The highest BCUT2D eigenvalue weighted by Crippen LogP contribution is 2.44. The van der Waals surface area contributed by atoms with Gasteiger partial charge in [0, 0.05) is 31.5 Å². The number of ether oxygens (including phenoxy) is 1. The maximum Gasteiger partial charge on any atom is 0.407 e. The van der Waals surface area contributed by atoms with E-state index in [0.29, 0.717) is 25.9 Å². The lowest BCUT2D eigenvalue weighted by Crippen LogP contribution is -2.47. The molecule has 2 N–H and O–H groups in total. The first-order valence-electron chi connectivity index (χ1n) is 11.4. The number of carbonyl (C=O) groups excluding carboxylic acids is 2. The molecule has 4 rings (SSSR count). The number of nitrogens with one attached hydrogen (secondary N) is 1. The highest BCUT2D eigenvalue weighted by molar-refractivity contribution is 5.80. The van der Waals surface area contributed by atoms with E-state index in [4.69, 9.17) is 4.74 Å². The Morgan fingerprint density at radius 3 is 2.15 bits per heavy atom. The summed E-state index contributed by atoms with van der Waals surface area (Å²) in [4.78, 5) is 38.1. The van der Waals surface area contributed by atoms with Gasteiger partial charge in [0.25, 0.3) is 0 Å². The predicted octanol–water partition coefficient (Wildman–Crippen LogP) is 4.02. The standard InChI is InChI=1S/C26H30N2O5/c1-17(15-23(29)28-13-11-26(2,12-14-28)24(30)31)27-25(32)33-16-22-20-9-5-3-7-18(20)19-8-4-6-10-21(19)22/h3-10,17,22H,11-16H2,1-2H3,(H,27,32)(H,30,31)/t17-/m1/s1. The Morgan fingerprint density at radius 1 is 1.06 bits per heavy atom. The second kappa shape index (κ2) is 9.25. The van der Waals surface area contributed by atoms with Gasteiger partial charge in [-0.05, 0) is 48.9 Å². The van der Waals surface area contributed by atoms with E-state index in [1.807, 2.05) is 24.3 Å². The lowest BCUT2D eigenvalue weighted by atomic mass is 9.80. The summed E-state index contributed by atoms with van der Waals surface area (Å²) in [6, 6.07) is 15.9. The molecule has 33 heavy (non-hydrogen) atoms. The van der Waals surface area contributed by atoms with E-state index in [1.54, 1.807) is 18.7 Å². The molecule has 0 spiro atoms. The van der Waals surface area contributed by atoms with Crippen LogP contribution in [0.2, 0.25) is 0 Å². The third kappa shape index (κ3) is 4.72. The van der Waals surface area contributed by atoms with Crippen LogP contribution in [0.3, 0.4) is 0 Å². The highest BCUT2D eigenvalue weighted by atomic mass is 16.5. The van der Waals surface area contributed by atoms with E-state index in [2.05, 4.69) is 29.6 Å². The summed E-state index contributed by atoms with van der Waals surface area (Å²) in [5, 5.41) is 12.1. The van der Waals surface area contributed by atoms with Crippen molar-refractivity contribution in [3.63, 3.8) is 0 Å². The first kappa shape index (κ1) is 22.8. The topological polar surface area (TPSA) is 95.9 Å². The molecule has 0 bridgehead atoms. The number of hydrogen-bond donors (Lipinski definition) is 2. The Hall–Kier alpha value is -3.35. The second-order valence-corrected chi connectivity index (χ2v) is 9.32. The SMILES string of the molecule is C[C@H](CC(=O)N1CCC(C)(C(=O)O)CC1)NC(=O)OCC1c2ccccc2-c2ccccc21. The highest BCUT2D eigenvalue weighted by Gasteiger charge is 2.38. The van der Waals surface area contributed by atoms with Crippen LogP contribution in [0, 0.1) is 5.41 Å². The zero-order chi connectivity index (χ0) is 23.6. The number of rotatable bonds is 6. The fourth-order valence-electron chi connectivity index (χ4n) is 4.75. The Morgan fingerprint density at radius 2 is 1.61 bits per heavy atom. The molecule has 1 saturated heterocycles. The normalized spacial score (nSPS) is 17.6. The lowest BCUT2D eigenvalue weighted by Gasteiger charge is -2.36. The van der Waals surface area contributed by atoms with Gasteiger partial charge in [-0.25, -0.2) is 4.79 Å². The minimum Gasteiger partial charge on any atom is -0.481 e. The van der Waals surface area contributed by atoms with Crippen molar-refractivity contribution in [1.29, 1.82) is 0 Å². The molecular weight excluding hydrogens is 420 g/mol.